The molecule has 3 rings (SSSR count). The highest BCUT2D eigenvalue weighted by Gasteiger charge is 2.28. The van der Waals surface area contributed by atoms with Crippen molar-refractivity contribution in [2.45, 2.75) is 0 Å². The maximum Gasteiger partial charge on any atom is 0.286 e. The Morgan fingerprint density at radius 2 is 1.91 bits per heavy atom. The van der Waals surface area contributed by atoms with Crippen molar-refractivity contribution in [1.29, 1.82) is 0 Å². The average molecular weight is 352 g/mol. The molecule has 1 aromatic carbocycles. The third-order valence-electron chi connectivity index (χ3n) is 3.84. The Morgan fingerprint density at radius 1 is 1.22 bits per heavy atom. The van der Waals surface area contributed by atoms with Crippen LogP contribution in [0.15, 0.2) is 34.2 Å². The largest absolute Gasteiger partial charge is 0.395 e. The molecule has 7 heteroatoms. The van der Waals surface area contributed by atoms with E-state index in [0.29, 0.717) is 16.5 Å². The van der Waals surface area contributed by atoms with Gasteiger partial charge < -0.3 is 10.0 Å². The molecule has 0 aliphatic carbocycles. The number of β-amino-alcohol motifs (C(OH)–C–C–N with tert-alkyl or cyclic N) is 1. The number of aliphatic hydroxyl groups is 1. The molecular formula is C16H18ClN3O2S. The first-order valence-electron chi connectivity index (χ1n) is 7.52. The number of rotatable bonds is 3. The molecule has 1 saturated heterocycles. The molecule has 0 radical (unpaired) electrons. The van der Waals surface area contributed by atoms with E-state index in [0.717, 1.165) is 36.9 Å². The molecule has 0 unspecified atom stereocenters. The second kappa shape index (κ2) is 7.49. The number of amides is 1. The maximum absolute atomic E-state index is 12.1. The Balaban J connectivity index is 1.63. The van der Waals surface area contributed by atoms with Crippen LogP contribution in [-0.2, 0) is 4.79 Å². The topological polar surface area (TPSA) is 56.1 Å². The molecule has 2 aliphatic rings. The number of carbonyl (C=O) groups excluding carboxylic acids is 1. The van der Waals surface area contributed by atoms with Crippen molar-refractivity contribution in [2.75, 3.05) is 39.3 Å². The summed E-state index contributed by atoms with van der Waals surface area (Å²) in [6.07, 6.45) is 1.85. The SMILES string of the molecule is O=C1N=C(N2CCN(CCO)CC2)S/C1=C\c1ccc(Cl)cc1. The zero-order valence-electron chi connectivity index (χ0n) is 12.6. The zero-order chi connectivity index (χ0) is 16.2. The van der Waals surface area contributed by atoms with E-state index in [1.807, 2.05) is 18.2 Å². The monoisotopic (exact) mass is 351 g/mol. The number of benzene rings is 1. The third kappa shape index (κ3) is 4.14. The van der Waals surface area contributed by atoms with Crippen LogP contribution in [0.1, 0.15) is 5.56 Å². The van der Waals surface area contributed by atoms with Gasteiger partial charge >= 0.3 is 0 Å². The number of piperazine rings is 1. The molecule has 0 spiro atoms. The van der Waals surface area contributed by atoms with Gasteiger partial charge in [-0.1, -0.05) is 23.7 Å². The lowest BCUT2D eigenvalue weighted by molar-refractivity contribution is -0.113. The number of carbonyl (C=O) groups is 1. The predicted octanol–water partition coefficient (Wildman–Crippen LogP) is 1.92. The number of nitrogens with zero attached hydrogens (tertiary/aromatic N) is 3. The van der Waals surface area contributed by atoms with Crippen molar-refractivity contribution < 1.29 is 9.90 Å². The molecular weight excluding hydrogens is 334 g/mol. The lowest BCUT2D eigenvalue weighted by atomic mass is 10.2. The molecule has 23 heavy (non-hydrogen) atoms. The van der Waals surface area contributed by atoms with Crippen LogP contribution in [0.25, 0.3) is 6.08 Å². The van der Waals surface area contributed by atoms with Crippen molar-refractivity contribution in [3.8, 4) is 0 Å². The van der Waals surface area contributed by atoms with E-state index in [1.165, 1.54) is 11.8 Å². The Kier molecular flexibility index (Phi) is 5.38. The predicted molar refractivity (Wildman–Crippen MR) is 94.6 cm³/mol. The Bertz CT molecular complexity index is 637. The summed E-state index contributed by atoms with van der Waals surface area (Å²) in [5, 5.41) is 10.4. The first-order chi connectivity index (χ1) is 11.2. The number of aliphatic hydroxyl groups excluding tert-OH is 1. The van der Waals surface area contributed by atoms with Gasteiger partial charge in [0.15, 0.2) is 5.17 Å². The minimum absolute atomic E-state index is 0.183. The van der Waals surface area contributed by atoms with Gasteiger partial charge in [0.25, 0.3) is 5.91 Å². The van der Waals surface area contributed by atoms with Gasteiger partial charge in [-0.2, -0.15) is 4.99 Å². The van der Waals surface area contributed by atoms with E-state index in [4.69, 9.17) is 16.7 Å². The Hall–Kier alpha value is -1.34. The van der Waals surface area contributed by atoms with Crippen molar-refractivity contribution in [1.82, 2.24) is 9.80 Å². The molecule has 0 aromatic heterocycles. The molecule has 0 atom stereocenters. The van der Waals surface area contributed by atoms with Crippen LogP contribution in [0.3, 0.4) is 0 Å². The van der Waals surface area contributed by atoms with Gasteiger partial charge in [-0.15, -0.1) is 0 Å². The summed E-state index contributed by atoms with van der Waals surface area (Å²) >= 11 is 7.30. The van der Waals surface area contributed by atoms with Crippen molar-refractivity contribution in [3.05, 3.63) is 39.8 Å². The molecule has 1 N–H and O–H groups in total. The molecule has 1 fully saturated rings. The van der Waals surface area contributed by atoms with Crippen LogP contribution in [0, 0.1) is 0 Å². The highest BCUT2D eigenvalue weighted by atomic mass is 35.5. The average Bonchev–Trinajstić information content (AvgIpc) is 2.92. The van der Waals surface area contributed by atoms with E-state index >= 15 is 0 Å². The van der Waals surface area contributed by atoms with Gasteiger partial charge in [0, 0.05) is 37.7 Å². The van der Waals surface area contributed by atoms with E-state index in [1.54, 1.807) is 12.1 Å². The molecule has 0 bridgehead atoms. The van der Waals surface area contributed by atoms with Gasteiger partial charge in [0.2, 0.25) is 0 Å². The highest BCUT2D eigenvalue weighted by molar-refractivity contribution is 8.18. The minimum Gasteiger partial charge on any atom is -0.395 e. The van der Waals surface area contributed by atoms with Crippen molar-refractivity contribution in [2.24, 2.45) is 4.99 Å². The van der Waals surface area contributed by atoms with Gasteiger partial charge in [0.05, 0.1) is 11.5 Å². The van der Waals surface area contributed by atoms with Gasteiger partial charge in [-0.05, 0) is 35.5 Å². The smallest absolute Gasteiger partial charge is 0.286 e. The summed E-state index contributed by atoms with van der Waals surface area (Å²) in [5.74, 6) is -0.183. The number of amidine groups is 1. The number of halogens is 1. The van der Waals surface area contributed by atoms with Gasteiger partial charge in [-0.25, -0.2) is 0 Å². The normalized spacial score (nSPS) is 21.1. The lowest BCUT2D eigenvalue weighted by Gasteiger charge is -2.34. The van der Waals surface area contributed by atoms with Gasteiger partial charge in [0.1, 0.15) is 0 Å². The van der Waals surface area contributed by atoms with Crippen LogP contribution >= 0.6 is 23.4 Å². The Morgan fingerprint density at radius 3 is 2.57 bits per heavy atom. The summed E-state index contributed by atoms with van der Waals surface area (Å²) in [5.41, 5.74) is 0.939. The molecule has 2 aliphatic heterocycles. The van der Waals surface area contributed by atoms with E-state index in [9.17, 15) is 4.79 Å². The van der Waals surface area contributed by atoms with Gasteiger partial charge in [-0.3, -0.25) is 9.69 Å². The summed E-state index contributed by atoms with van der Waals surface area (Å²) in [7, 11) is 0. The fraction of sp³-hybridized carbons (Fsp3) is 0.375. The van der Waals surface area contributed by atoms with E-state index < -0.39 is 0 Å². The van der Waals surface area contributed by atoms with Crippen LogP contribution < -0.4 is 0 Å². The molecule has 2 heterocycles. The van der Waals surface area contributed by atoms with E-state index in [2.05, 4.69) is 14.8 Å². The fourth-order valence-electron chi connectivity index (χ4n) is 2.55. The third-order valence-corrected chi connectivity index (χ3v) is 5.13. The minimum atomic E-state index is -0.183. The number of hydrogen-bond donors (Lipinski definition) is 1. The van der Waals surface area contributed by atoms with Crippen LogP contribution in [0.4, 0.5) is 0 Å². The standard InChI is InChI=1S/C16H18ClN3O2S/c17-13-3-1-12(2-4-13)11-14-15(22)18-16(23-14)20-7-5-19(6-8-20)9-10-21/h1-4,11,21H,5-10H2/b14-11-. The summed E-state index contributed by atoms with van der Waals surface area (Å²) in [6.45, 7) is 4.30. The van der Waals surface area contributed by atoms with Crippen LogP contribution in [0.5, 0.6) is 0 Å². The summed E-state index contributed by atoms with van der Waals surface area (Å²) in [4.78, 5) is 21.3. The molecule has 122 valence electrons. The zero-order valence-corrected chi connectivity index (χ0v) is 14.2. The maximum atomic E-state index is 12.1. The second-order valence-electron chi connectivity index (χ2n) is 5.41. The molecule has 1 aromatic rings. The highest BCUT2D eigenvalue weighted by Crippen LogP contribution is 2.30. The van der Waals surface area contributed by atoms with E-state index in [-0.39, 0.29) is 12.5 Å². The number of aliphatic imine (C=N–C) groups is 1. The molecule has 5 nitrogen and oxygen atoms in total. The summed E-state index contributed by atoms with van der Waals surface area (Å²) < 4.78 is 0. The second-order valence-corrected chi connectivity index (χ2v) is 6.86. The first-order valence-corrected chi connectivity index (χ1v) is 8.71. The molecule has 1 amide bonds. The van der Waals surface area contributed by atoms with Crippen LogP contribution in [0.2, 0.25) is 5.02 Å². The van der Waals surface area contributed by atoms with Crippen molar-refractivity contribution >= 4 is 40.5 Å². The van der Waals surface area contributed by atoms with Crippen molar-refractivity contribution in [3.63, 3.8) is 0 Å². The number of thioether (sulfide) groups is 1. The Labute approximate surface area is 144 Å². The number of hydrogen-bond acceptors (Lipinski definition) is 5. The molecule has 0 saturated carbocycles. The summed E-state index contributed by atoms with van der Waals surface area (Å²) in [6, 6.07) is 7.38. The lowest BCUT2D eigenvalue weighted by Crippen LogP contribution is -2.48. The quantitative estimate of drug-likeness (QED) is 0.843. The first kappa shape index (κ1) is 16.5. The van der Waals surface area contributed by atoms with Crippen LogP contribution in [-0.4, -0.2) is 65.3 Å². The fourth-order valence-corrected chi connectivity index (χ4v) is 3.64.